The molecule has 0 aromatic heterocycles. The van der Waals surface area contributed by atoms with Gasteiger partial charge in [0.25, 0.3) is 0 Å². The van der Waals surface area contributed by atoms with Crippen molar-refractivity contribution < 1.29 is 9.47 Å². The van der Waals surface area contributed by atoms with Crippen LogP contribution in [0.2, 0.25) is 0 Å². The molecule has 3 nitrogen and oxygen atoms in total. The summed E-state index contributed by atoms with van der Waals surface area (Å²) in [4.78, 5) is 0. The highest BCUT2D eigenvalue weighted by Gasteiger charge is 2.32. The topological polar surface area (TPSA) is 30.5 Å². The molecule has 1 heterocycles. The van der Waals surface area contributed by atoms with E-state index in [1.807, 2.05) is 0 Å². The van der Waals surface area contributed by atoms with Gasteiger partial charge in [0.15, 0.2) is 0 Å². The summed E-state index contributed by atoms with van der Waals surface area (Å²) >= 11 is 0. The third-order valence-corrected chi connectivity index (χ3v) is 3.52. The lowest BCUT2D eigenvalue weighted by Gasteiger charge is -2.38. The quantitative estimate of drug-likeness (QED) is 0.678. The Bertz CT molecular complexity index is 211. The van der Waals surface area contributed by atoms with Gasteiger partial charge in [-0.15, -0.1) is 0 Å². The van der Waals surface area contributed by atoms with Crippen molar-refractivity contribution >= 4 is 0 Å². The molecule has 1 unspecified atom stereocenters. The van der Waals surface area contributed by atoms with E-state index in [0.717, 1.165) is 39.4 Å². The SMILES string of the molecule is CC(C)COCCC1(CNC(C)C)CCCOC1. The molecule has 0 bridgehead atoms. The second-order valence-electron chi connectivity index (χ2n) is 6.41. The molecule has 0 amide bonds. The lowest BCUT2D eigenvalue weighted by Crippen LogP contribution is -2.43. The van der Waals surface area contributed by atoms with Gasteiger partial charge in [0, 0.05) is 37.8 Å². The van der Waals surface area contributed by atoms with Gasteiger partial charge in [-0.05, 0) is 25.2 Å². The van der Waals surface area contributed by atoms with E-state index in [1.165, 1.54) is 12.8 Å². The van der Waals surface area contributed by atoms with Gasteiger partial charge in [0.1, 0.15) is 0 Å². The van der Waals surface area contributed by atoms with Crippen molar-refractivity contribution in [2.45, 2.75) is 53.0 Å². The van der Waals surface area contributed by atoms with Crippen LogP contribution in [-0.2, 0) is 9.47 Å². The van der Waals surface area contributed by atoms with Crippen LogP contribution in [0.15, 0.2) is 0 Å². The fraction of sp³-hybridized carbons (Fsp3) is 1.00. The Labute approximate surface area is 113 Å². The first-order valence-corrected chi connectivity index (χ1v) is 7.43. The minimum absolute atomic E-state index is 0.291. The van der Waals surface area contributed by atoms with Gasteiger partial charge in [-0.3, -0.25) is 0 Å². The Balaban J connectivity index is 2.34. The molecule has 0 radical (unpaired) electrons. The van der Waals surface area contributed by atoms with E-state index in [9.17, 15) is 0 Å². The number of hydrogen-bond donors (Lipinski definition) is 1. The minimum atomic E-state index is 0.291. The standard InChI is InChI=1S/C15H31NO2/c1-13(2)10-17-9-7-15(11-16-14(3)4)6-5-8-18-12-15/h13-14,16H,5-12H2,1-4H3. The average Bonchev–Trinajstić information content (AvgIpc) is 2.33. The second-order valence-corrected chi connectivity index (χ2v) is 6.41. The van der Waals surface area contributed by atoms with E-state index in [0.29, 0.717) is 17.4 Å². The van der Waals surface area contributed by atoms with Gasteiger partial charge in [0.2, 0.25) is 0 Å². The van der Waals surface area contributed by atoms with Gasteiger partial charge in [0.05, 0.1) is 6.61 Å². The maximum atomic E-state index is 5.75. The maximum absolute atomic E-state index is 5.75. The number of nitrogens with one attached hydrogen (secondary N) is 1. The Kier molecular flexibility index (Phi) is 7.20. The first kappa shape index (κ1) is 15.9. The van der Waals surface area contributed by atoms with Crippen LogP contribution in [0.3, 0.4) is 0 Å². The lowest BCUT2D eigenvalue weighted by molar-refractivity contribution is -0.0297. The van der Waals surface area contributed by atoms with Crippen LogP contribution in [0, 0.1) is 11.3 Å². The monoisotopic (exact) mass is 257 g/mol. The molecular weight excluding hydrogens is 226 g/mol. The first-order valence-electron chi connectivity index (χ1n) is 7.43. The molecule has 1 fully saturated rings. The van der Waals surface area contributed by atoms with Crippen molar-refractivity contribution in [1.82, 2.24) is 5.32 Å². The van der Waals surface area contributed by atoms with Gasteiger partial charge < -0.3 is 14.8 Å². The van der Waals surface area contributed by atoms with E-state index in [2.05, 4.69) is 33.0 Å². The van der Waals surface area contributed by atoms with Crippen LogP contribution in [0.4, 0.5) is 0 Å². The zero-order chi connectivity index (χ0) is 13.4. The lowest BCUT2D eigenvalue weighted by atomic mass is 9.79. The smallest absolute Gasteiger partial charge is 0.0535 e. The Morgan fingerprint density at radius 3 is 2.61 bits per heavy atom. The van der Waals surface area contributed by atoms with Gasteiger partial charge in [-0.25, -0.2) is 0 Å². The predicted octanol–water partition coefficient (Wildman–Crippen LogP) is 2.84. The first-order chi connectivity index (χ1) is 8.54. The van der Waals surface area contributed by atoms with E-state index < -0.39 is 0 Å². The van der Waals surface area contributed by atoms with Crippen molar-refractivity contribution in [3.05, 3.63) is 0 Å². The molecule has 1 rings (SSSR count). The van der Waals surface area contributed by atoms with Crippen molar-refractivity contribution in [2.24, 2.45) is 11.3 Å². The summed E-state index contributed by atoms with van der Waals surface area (Å²) in [5.41, 5.74) is 0.291. The van der Waals surface area contributed by atoms with Crippen LogP contribution in [0.25, 0.3) is 0 Å². The molecule has 1 saturated heterocycles. The van der Waals surface area contributed by atoms with Gasteiger partial charge in [-0.2, -0.15) is 0 Å². The van der Waals surface area contributed by atoms with Crippen molar-refractivity contribution in [1.29, 1.82) is 0 Å². The van der Waals surface area contributed by atoms with E-state index in [1.54, 1.807) is 0 Å². The highest BCUT2D eigenvalue weighted by molar-refractivity contribution is 4.84. The van der Waals surface area contributed by atoms with Crippen molar-refractivity contribution in [3.63, 3.8) is 0 Å². The third kappa shape index (κ3) is 6.17. The fourth-order valence-electron chi connectivity index (χ4n) is 2.36. The fourth-order valence-corrected chi connectivity index (χ4v) is 2.36. The van der Waals surface area contributed by atoms with E-state index in [-0.39, 0.29) is 0 Å². The predicted molar refractivity (Wildman–Crippen MR) is 75.9 cm³/mol. The third-order valence-electron chi connectivity index (χ3n) is 3.52. The highest BCUT2D eigenvalue weighted by atomic mass is 16.5. The molecule has 1 atom stereocenters. The van der Waals surface area contributed by atoms with E-state index in [4.69, 9.17) is 9.47 Å². The Morgan fingerprint density at radius 1 is 1.28 bits per heavy atom. The summed E-state index contributed by atoms with van der Waals surface area (Å²) < 4.78 is 11.4. The molecule has 0 aromatic carbocycles. The molecule has 3 heteroatoms. The zero-order valence-electron chi connectivity index (χ0n) is 12.6. The molecule has 108 valence electrons. The number of hydrogen-bond acceptors (Lipinski definition) is 3. The minimum Gasteiger partial charge on any atom is -0.381 e. The van der Waals surface area contributed by atoms with Crippen LogP contribution in [0.1, 0.15) is 47.0 Å². The van der Waals surface area contributed by atoms with Crippen LogP contribution >= 0.6 is 0 Å². The molecule has 0 spiro atoms. The van der Waals surface area contributed by atoms with E-state index >= 15 is 0 Å². The average molecular weight is 257 g/mol. The molecule has 1 aliphatic rings. The number of rotatable bonds is 8. The normalized spacial score (nSPS) is 25.0. The van der Waals surface area contributed by atoms with Gasteiger partial charge >= 0.3 is 0 Å². The number of ether oxygens (including phenoxy) is 2. The Morgan fingerprint density at radius 2 is 2.06 bits per heavy atom. The summed E-state index contributed by atoms with van der Waals surface area (Å²) in [7, 11) is 0. The van der Waals surface area contributed by atoms with Crippen LogP contribution in [-0.4, -0.2) is 39.0 Å². The van der Waals surface area contributed by atoms with Gasteiger partial charge in [-0.1, -0.05) is 27.7 Å². The van der Waals surface area contributed by atoms with Crippen molar-refractivity contribution in [2.75, 3.05) is 33.0 Å². The van der Waals surface area contributed by atoms with Crippen LogP contribution < -0.4 is 5.32 Å². The molecule has 1 N–H and O–H groups in total. The summed E-state index contributed by atoms with van der Waals surface area (Å²) in [6.45, 7) is 13.4. The molecule has 0 aliphatic carbocycles. The van der Waals surface area contributed by atoms with Crippen LogP contribution in [0.5, 0.6) is 0 Å². The van der Waals surface area contributed by atoms with Crippen molar-refractivity contribution in [3.8, 4) is 0 Å². The second kappa shape index (κ2) is 8.13. The summed E-state index contributed by atoms with van der Waals surface area (Å²) in [5, 5.41) is 3.57. The summed E-state index contributed by atoms with van der Waals surface area (Å²) in [6, 6.07) is 0.542. The summed E-state index contributed by atoms with van der Waals surface area (Å²) in [6.07, 6.45) is 3.56. The molecule has 18 heavy (non-hydrogen) atoms. The highest BCUT2D eigenvalue weighted by Crippen LogP contribution is 2.31. The zero-order valence-corrected chi connectivity index (χ0v) is 12.6. The molecule has 0 aromatic rings. The largest absolute Gasteiger partial charge is 0.381 e. The Hall–Kier alpha value is -0.120. The summed E-state index contributed by atoms with van der Waals surface area (Å²) in [5.74, 6) is 0.623. The maximum Gasteiger partial charge on any atom is 0.0535 e. The molecule has 0 saturated carbocycles. The molecular formula is C15H31NO2. The molecule has 1 aliphatic heterocycles.